The summed E-state index contributed by atoms with van der Waals surface area (Å²) < 4.78 is 7.39. The molecule has 1 aromatic rings. The van der Waals surface area contributed by atoms with Crippen LogP contribution in [0.15, 0.2) is 12.4 Å². The zero-order chi connectivity index (χ0) is 14.2. The van der Waals surface area contributed by atoms with Crippen LogP contribution in [-0.4, -0.2) is 33.9 Å². The lowest BCUT2D eigenvalue weighted by molar-refractivity contribution is -0.121. The smallest absolute Gasteiger partial charge is 0.244 e. The van der Waals surface area contributed by atoms with Crippen LogP contribution in [0.25, 0.3) is 0 Å². The lowest BCUT2D eigenvalue weighted by Gasteiger charge is -2.22. The van der Waals surface area contributed by atoms with Gasteiger partial charge in [0.15, 0.2) is 0 Å². The molecule has 1 aliphatic heterocycles. The third-order valence-corrected chi connectivity index (χ3v) is 4.22. The lowest BCUT2D eigenvalue weighted by atomic mass is 9.96. The van der Waals surface area contributed by atoms with Gasteiger partial charge in [-0.15, -0.1) is 0 Å². The molecule has 1 aliphatic carbocycles. The number of nitrogens with two attached hydrogens (primary N) is 1. The van der Waals surface area contributed by atoms with Gasteiger partial charge < -0.3 is 15.8 Å². The quantitative estimate of drug-likeness (QED) is 0.846. The first-order valence-electron chi connectivity index (χ1n) is 7.30. The highest BCUT2D eigenvalue weighted by molar-refractivity contribution is 5.97. The summed E-state index contributed by atoms with van der Waals surface area (Å²) in [5, 5.41) is 7.12. The summed E-state index contributed by atoms with van der Waals surface area (Å²) in [5.74, 6) is 0.182. The van der Waals surface area contributed by atoms with E-state index in [4.69, 9.17) is 10.5 Å². The zero-order valence-corrected chi connectivity index (χ0v) is 11.8. The van der Waals surface area contributed by atoms with Crippen molar-refractivity contribution in [1.29, 1.82) is 0 Å². The normalized spacial score (nSPS) is 25.4. The topological polar surface area (TPSA) is 82.2 Å². The number of nitrogens with zero attached hydrogens (tertiary/aromatic N) is 2. The van der Waals surface area contributed by atoms with E-state index in [2.05, 4.69) is 10.4 Å². The molecule has 2 fully saturated rings. The molecule has 3 N–H and O–H groups in total. The number of anilines is 1. The Bertz CT molecular complexity index is 487. The second-order valence-corrected chi connectivity index (χ2v) is 6.10. The Morgan fingerprint density at radius 1 is 1.60 bits per heavy atom. The third kappa shape index (κ3) is 2.86. The number of aromatic nitrogens is 2. The standard InChI is InChI=1S/C14H22N4O2/c1-14(15,10-4-5-10)13(19)17-11-7-16-18(8-11)9-12-3-2-6-20-12/h7-8,10,12H,2-6,9,15H2,1H3,(H,17,19). The Hall–Kier alpha value is -1.40. The fourth-order valence-electron chi connectivity index (χ4n) is 2.66. The maximum absolute atomic E-state index is 12.2. The van der Waals surface area contributed by atoms with Crippen molar-refractivity contribution in [2.45, 2.75) is 50.8 Å². The Kier molecular flexibility index (Phi) is 3.52. The molecule has 0 aromatic carbocycles. The van der Waals surface area contributed by atoms with Gasteiger partial charge in [-0.25, -0.2) is 0 Å². The van der Waals surface area contributed by atoms with Crippen LogP contribution in [0.2, 0.25) is 0 Å². The summed E-state index contributed by atoms with van der Waals surface area (Å²) in [6.07, 6.45) is 8.01. The van der Waals surface area contributed by atoms with Gasteiger partial charge in [0.25, 0.3) is 0 Å². The van der Waals surface area contributed by atoms with Crippen LogP contribution < -0.4 is 11.1 Å². The molecule has 2 heterocycles. The van der Waals surface area contributed by atoms with Crippen LogP contribution in [0.5, 0.6) is 0 Å². The number of hydrogen-bond acceptors (Lipinski definition) is 4. The first-order valence-corrected chi connectivity index (χ1v) is 7.30. The molecule has 6 heteroatoms. The second-order valence-electron chi connectivity index (χ2n) is 6.10. The zero-order valence-electron chi connectivity index (χ0n) is 11.8. The number of hydrogen-bond donors (Lipinski definition) is 2. The van der Waals surface area contributed by atoms with Crippen LogP contribution in [0.3, 0.4) is 0 Å². The molecule has 2 atom stereocenters. The van der Waals surface area contributed by atoms with E-state index in [1.807, 2.05) is 10.9 Å². The molecule has 1 aromatic heterocycles. The number of ether oxygens (including phenoxy) is 1. The van der Waals surface area contributed by atoms with Gasteiger partial charge in [-0.2, -0.15) is 5.10 Å². The number of rotatable bonds is 5. The van der Waals surface area contributed by atoms with Crippen molar-refractivity contribution < 1.29 is 9.53 Å². The summed E-state index contributed by atoms with van der Waals surface area (Å²) in [6.45, 7) is 3.37. The Morgan fingerprint density at radius 3 is 3.05 bits per heavy atom. The number of nitrogens with one attached hydrogen (secondary N) is 1. The summed E-state index contributed by atoms with van der Waals surface area (Å²) in [6, 6.07) is 0. The lowest BCUT2D eigenvalue weighted by Crippen LogP contribution is -2.50. The van der Waals surface area contributed by atoms with Crippen molar-refractivity contribution >= 4 is 11.6 Å². The molecule has 0 spiro atoms. The number of carbonyl (C=O) groups excluding carboxylic acids is 1. The summed E-state index contributed by atoms with van der Waals surface area (Å²) in [5.41, 5.74) is 6.01. The molecular weight excluding hydrogens is 256 g/mol. The van der Waals surface area contributed by atoms with Gasteiger partial charge in [-0.05, 0) is 38.5 Å². The van der Waals surface area contributed by atoms with E-state index in [-0.39, 0.29) is 12.0 Å². The van der Waals surface area contributed by atoms with E-state index in [1.54, 1.807) is 13.1 Å². The Morgan fingerprint density at radius 2 is 2.40 bits per heavy atom. The van der Waals surface area contributed by atoms with Crippen molar-refractivity contribution in [3.8, 4) is 0 Å². The molecular formula is C14H22N4O2. The molecule has 3 rings (SSSR count). The molecule has 2 unspecified atom stereocenters. The molecule has 0 radical (unpaired) electrons. The van der Waals surface area contributed by atoms with Gasteiger partial charge >= 0.3 is 0 Å². The fourth-order valence-corrected chi connectivity index (χ4v) is 2.66. The van der Waals surface area contributed by atoms with Crippen LogP contribution in [0.4, 0.5) is 5.69 Å². The van der Waals surface area contributed by atoms with Gasteiger partial charge in [-0.3, -0.25) is 9.48 Å². The first kappa shape index (κ1) is 13.6. The van der Waals surface area contributed by atoms with Gasteiger partial charge in [0.05, 0.1) is 30.1 Å². The van der Waals surface area contributed by atoms with E-state index in [1.165, 1.54) is 0 Å². The van der Waals surface area contributed by atoms with Gasteiger partial charge in [-0.1, -0.05) is 0 Å². The minimum absolute atomic E-state index is 0.128. The monoisotopic (exact) mass is 278 g/mol. The maximum Gasteiger partial charge on any atom is 0.244 e. The predicted octanol–water partition coefficient (Wildman–Crippen LogP) is 1.13. The van der Waals surface area contributed by atoms with E-state index >= 15 is 0 Å². The van der Waals surface area contributed by atoms with E-state index in [0.717, 1.165) is 38.8 Å². The van der Waals surface area contributed by atoms with Gasteiger partial charge in [0.1, 0.15) is 0 Å². The molecule has 0 bridgehead atoms. The van der Waals surface area contributed by atoms with Crippen molar-refractivity contribution in [2.24, 2.45) is 11.7 Å². The molecule has 110 valence electrons. The first-order chi connectivity index (χ1) is 9.55. The predicted molar refractivity (Wildman–Crippen MR) is 75.1 cm³/mol. The van der Waals surface area contributed by atoms with Crippen molar-refractivity contribution in [2.75, 3.05) is 11.9 Å². The van der Waals surface area contributed by atoms with Crippen molar-refractivity contribution in [3.05, 3.63) is 12.4 Å². The van der Waals surface area contributed by atoms with Crippen LogP contribution >= 0.6 is 0 Å². The van der Waals surface area contributed by atoms with E-state index in [9.17, 15) is 4.79 Å². The number of carbonyl (C=O) groups is 1. The second kappa shape index (κ2) is 5.18. The van der Waals surface area contributed by atoms with Crippen LogP contribution in [0.1, 0.15) is 32.6 Å². The van der Waals surface area contributed by atoms with Crippen molar-refractivity contribution in [1.82, 2.24) is 9.78 Å². The molecule has 1 saturated carbocycles. The number of amides is 1. The average Bonchev–Trinajstić information content (AvgIpc) is 3.00. The van der Waals surface area contributed by atoms with E-state index in [0.29, 0.717) is 11.6 Å². The van der Waals surface area contributed by atoms with Crippen LogP contribution in [-0.2, 0) is 16.1 Å². The molecule has 6 nitrogen and oxygen atoms in total. The maximum atomic E-state index is 12.2. The minimum atomic E-state index is -0.781. The van der Waals surface area contributed by atoms with E-state index < -0.39 is 5.54 Å². The van der Waals surface area contributed by atoms with Crippen LogP contribution in [0, 0.1) is 5.92 Å². The van der Waals surface area contributed by atoms with Crippen molar-refractivity contribution in [3.63, 3.8) is 0 Å². The fraction of sp³-hybridized carbons (Fsp3) is 0.714. The minimum Gasteiger partial charge on any atom is -0.376 e. The SMILES string of the molecule is CC(N)(C(=O)Nc1cnn(CC2CCCO2)c1)C1CC1. The summed E-state index contributed by atoms with van der Waals surface area (Å²) in [7, 11) is 0. The average molecular weight is 278 g/mol. The molecule has 1 amide bonds. The highest BCUT2D eigenvalue weighted by Crippen LogP contribution is 2.38. The Balaban J connectivity index is 1.57. The van der Waals surface area contributed by atoms with Gasteiger partial charge in [0, 0.05) is 12.8 Å². The largest absolute Gasteiger partial charge is 0.376 e. The summed E-state index contributed by atoms with van der Waals surface area (Å²) >= 11 is 0. The molecule has 2 aliphatic rings. The summed E-state index contributed by atoms with van der Waals surface area (Å²) in [4.78, 5) is 12.2. The highest BCUT2D eigenvalue weighted by Gasteiger charge is 2.44. The Labute approximate surface area is 118 Å². The third-order valence-electron chi connectivity index (χ3n) is 4.22. The molecule has 1 saturated heterocycles. The highest BCUT2D eigenvalue weighted by atomic mass is 16.5. The molecule has 20 heavy (non-hydrogen) atoms. The van der Waals surface area contributed by atoms with Gasteiger partial charge in [0.2, 0.25) is 5.91 Å².